The lowest BCUT2D eigenvalue weighted by atomic mass is 9.99. The van der Waals surface area contributed by atoms with Crippen molar-refractivity contribution < 1.29 is 9.84 Å². The quantitative estimate of drug-likeness (QED) is 0.829. The van der Waals surface area contributed by atoms with Crippen LogP contribution in [0.15, 0.2) is 11.4 Å². The van der Waals surface area contributed by atoms with Gasteiger partial charge in [0.15, 0.2) is 0 Å². The zero-order chi connectivity index (χ0) is 10.7. The van der Waals surface area contributed by atoms with E-state index in [1.807, 2.05) is 11.4 Å². The third-order valence-corrected chi connectivity index (χ3v) is 3.84. The average molecular weight is 227 g/mol. The molecule has 2 rings (SSSR count). The normalized spacial score (nSPS) is 23.7. The summed E-state index contributed by atoms with van der Waals surface area (Å²) in [7, 11) is 1.65. The van der Waals surface area contributed by atoms with Gasteiger partial charge in [0.1, 0.15) is 11.9 Å². The zero-order valence-electron chi connectivity index (χ0n) is 8.90. The van der Waals surface area contributed by atoms with Crippen molar-refractivity contribution in [1.29, 1.82) is 0 Å². The average Bonchev–Trinajstić information content (AvgIpc) is 2.77. The lowest BCUT2D eigenvalue weighted by molar-refractivity contribution is 0.114. The highest BCUT2D eigenvalue weighted by Crippen LogP contribution is 2.34. The summed E-state index contributed by atoms with van der Waals surface area (Å²) in [6, 6.07) is 2.10. The first-order chi connectivity index (χ1) is 7.33. The van der Waals surface area contributed by atoms with Crippen molar-refractivity contribution in [3.05, 3.63) is 16.3 Å². The molecule has 1 aromatic rings. The van der Waals surface area contributed by atoms with Crippen molar-refractivity contribution in [1.82, 2.24) is 5.32 Å². The van der Waals surface area contributed by atoms with Crippen LogP contribution in [0.4, 0.5) is 0 Å². The SMILES string of the molecule is COc1ccsc1C(O)C1CCCCN1. The molecule has 1 fully saturated rings. The van der Waals surface area contributed by atoms with Crippen molar-refractivity contribution in [3.63, 3.8) is 0 Å². The van der Waals surface area contributed by atoms with Gasteiger partial charge >= 0.3 is 0 Å². The standard InChI is InChI=1S/C11H17NO2S/c1-14-9-5-7-15-11(9)10(13)8-4-2-3-6-12-8/h5,7-8,10,12-13H,2-4,6H2,1H3. The van der Waals surface area contributed by atoms with Gasteiger partial charge in [-0.15, -0.1) is 11.3 Å². The Morgan fingerprint density at radius 3 is 3.13 bits per heavy atom. The molecule has 4 heteroatoms. The summed E-state index contributed by atoms with van der Waals surface area (Å²) in [5, 5.41) is 15.5. The Labute approximate surface area is 94.1 Å². The van der Waals surface area contributed by atoms with E-state index in [1.54, 1.807) is 18.4 Å². The second-order valence-electron chi connectivity index (χ2n) is 3.85. The van der Waals surface area contributed by atoms with Crippen LogP contribution >= 0.6 is 11.3 Å². The minimum Gasteiger partial charge on any atom is -0.495 e. The monoisotopic (exact) mass is 227 g/mol. The molecule has 0 spiro atoms. The number of thiophene rings is 1. The molecule has 1 aromatic heterocycles. The molecule has 15 heavy (non-hydrogen) atoms. The number of hydrogen-bond donors (Lipinski definition) is 2. The van der Waals surface area contributed by atoms with Gasteiger partial charge in [-0.1, -0.05) is 6.42 Å². The van der Waals surface area contributed by atoms with Gasteiger partial charge in [0, 0.05) is 6.04 Å². The maximum absolute atomic E-state index is 10.2. The molecule has 1 saturated heterocycles. The summed E-state index contributed by atoms with van der Waals surface area (Å²) >= 11 is 1.56. The number of aliphatic hydroxyl groups excluding tert-OH is 1. The summed E-state index contributed by atoms with van der Waals surface area (Å²) < 4.78 is 5.22. The van der Waals surface area contributed by atoms with E-state index < -0.39 is 6.10 Å². The molecule has 84 valence electrons. The van der Waals surface area contributed by atoms with Crippen molar-refractivity contribution in [2.24, 2.45) is 0 Å². The van der Waals surface area contributed by atoms with Gasteiger partial charge in [0.05, 0.1) is 12.0 Å². The van der Waals surface area contributed by atoms with Crippen LogP contribution in [0.25, 0.3) is 0 Å². The van der Waals surface area contributed by atoms with E-state index in [-0.39, 0.29) is 6.04 Å². The Morgan fingerprint density at radius 1 is 1.60 bits per heavy atom. The van der Waals surface area contributed by atoms with Crippen LogP contribution in [-0.4, -0.2) is 24.8 Å². The number of hydrogen-bond acceptors (Lipinski definition) is 4. The molecule has 2 atom stereocenters. The molecule has 2 heterocycles. The Balaban J connectivity index is 2.08. The number of piperidine rings is 1. The van der Waals surface area contributed by atoms with Crippen molar-refractivity contribution >= 4 is 11.3 Å². The van der Waals surface area contributed by atoms with Crippen LogP contribution in [0.5, 0.6) is 5.75 Å². The summed E-state index contributed by atoms with van der Waals surface area (Å²) in [5.74, 6) is 0.805. The van der Waals surface area contributed by atoms with Crippen LogP contribution in [0.3, 0.4) is 0 Å². The van der Waals surface area contributed by atoms with Crippen molar-refractivity contribution in [3.8, 4) is 5.75 Å². The number of methoxy groups -OCH3 is 1. The molecule has 0 aliphatic carbocycles. The molecule has 0 saturated carbocycles. The molecule has 0 bridgehead atoms. The van der Waals surface area contributed by atoms with E-state index in [0.717, 1.165) is 23.6 Å². The fourth-order valence-corrected chi connectivity index (χ4v) is 2.93. The Bertz CT molecular complexity index is 307. The number of aliphatic hydroxyl groups is 1. The van der Waals surface area contributed by atoms with Crippen molar-refractivity contribution in [2.75, 3.05) is 13.7 Å². The maximum Gasteiger partial charge on any atom is 0.135 e. The third kappa shape index (κ3) is 2.33. The Kier molecular flexibility index (Phi) is 3.61. The largest absolute Gasteiger partial charge is 0.495 e. The summed E-state index contributed by atoms with van der Waals surface area (Å²) in [6.07, 6.45) is 3.02. The van der Waals surface area contributed by atoms with Gasteiger partial charge in [0.2, 0.25) is 0 Å². The first-order valence-corrected chi connectivity index (χ1v) is 6.23. The van der Waals surface area contributed by atoms with Crippen LogP contribution in [0, 0.1) is 0 Å². The van der Waals surface area contributed by atoms with Gasteiger partial charge in [-0.05, 0) is 30.8 Å². The van der Waals surface area contributed by atoms with Crippen LogP contribution < -0.4 is 10.1 Å². The van der Waals surface area contributed by atoms with Crippen LogP contribution in [-0.2, 0) is 0 Å². The van der Waals surface area contributed by atoms with E-state index >= 15 is 0 Å². The lowest BCUT2D eigenvalue weighted by Crippen LogP contribution is -2.38. The van der Waals surface area contributed by atoms with E-state index in [2.05, 4.69) is 5.32 Å². The summed E-state index contributed by atoms with van der Waals surface area (Å²) in [4.78, 5) is 0.942. The molecular formula is C11H17NO2S. The number of nitrogens with one attached hydrogen (secondary N) is 1. The Hall–Kier alpha value is -0.580. The predicted molar refractivity (Wildman–Crippen MR) is 61.5 cm³/mol. The van der Waals surface area contributed by atoms with Gasteiger partial charge in [-0.25, -0.2) is 0 Å². The maximum atomic E-state index is 10.2. The summed E-state index contributed by atoms with van der Waals surface area (Å²) in [5.41, 5.74) is 0. The molecule has 1 aliphatic rings. The van der Waals surface area contributed by atoms with Crippen molar-refractivity contribution in [2.45, 2.75) is 31.4 Å². The first kappa shape index (κ1) is 10.9. The molecule has 3 nitrogen and oxygen atoms in total. The third-order valence-electron chi connectivity index (χ3n) is 2.88. The molecule has 2 N–H and O–H groups in total. The highest BCUT2D eigenvalue weighted by molar-refractivity contribution is 7.10. The van der Waals surface area contributed by atoms with Gasteiger partial charge in [0.25, 0.3) is 0 Å². The topological polar surface area (TPSA) is 41.5 Å². The highest BCUT2D eigenvalue weighted by Gasteiger charge is 2.25. The van der Waals surface area contributed by atoms with Gasteiger partial charge < -0.3 is 15.2 Å². The molecule has 2 unspecified atom stereocenters. The van der Waals surface area contributed by atoms with Gasteiger partial charge in [-0.2, -0.15) is 0 Å². The number of ether oxygens (including phenoxy) is 1. The Morgan fingerprint density at radius 2 is 2.47 bits per heavy atom. The molecule has 0 radical (unpaired) electrons. The molecule has 0 amide bonds. The molecule has 1 aliphatic heterocycles. The minimum atomic E-state index is -0.430. The van der Waals surface area contributed by atoms with Crippen LogP contribution in [0.1, 0.15) is 30.2 Å². The van der Waals surface area contributed by atoms with E-state index in [4.69, 9.17) is 4.74 Å². The van der Waals surface area contributed by atoms with Crippen LogP contribution in [0.2, 0.25) is 0 Å². The first-order valence-electron chi connectivity index (χ1n) is 5.35. The van der Waals surface area contributed by atoms with E-state index in [9.17, 15) is 5.11 Å². The molecule has 0 aromatic carbocycles. The summed E-state index contributed by atoms with van der Waals surface area (Å²) in [6.45, 7) is 1.01. The molecular weight excluding hydrogens is 210 g/mol. The zero-order valence-corrected chi connectivity index (χ0v) is 9.72. The predicted octanol–water partition coefficient (Wildman–Crippen LogP) is 1.93. The lowest BCUT2D eigenvalue weighted by Gasteiger charge is -2.27. The van der Waals surface area contributed by atoms with Gasteiger partial charge in [-0.3, -0.25) is 0 Å². The smallest absolute Gasteiger partial charge is 0.135 e. The fourth-order valence-electron chi connectivity index (χ4n) is 2.02. The van der Waals surface area contributed by atoms with E-state index in [0.29, 0.717) is 0 Å². The second kappa shape index (κ2) is 4.96. The minimum absolute atomic E-state index is 0.186. The fraction of sp³-hybridized carbons (Fsp3) is 0.636. The van der Waals surface area contributed by atoms with E-state index in [1.165, 1.54) is 12.8 Å². The number of rotatable bonds is 3. The second-order valence-corrected chi connectivity index (χ2v) is 4.80. The highest BCUT2D eigenvalue weighted by atomic mass is 32.1.